The lowest BCUT2D eigenvalue weighted by Gasteiger charge is -2.15. The number of aliphatic hydroxyl groups excluding tert-OH is 1. The van der Waals surface area contributed by atoms with Crippen LogP contribution in [0, 0.1) is 0 Å². The maximum atomic E-state index is 10.4. The smallest absolute Gasteiger partial charge is 0.0845 e. The van der Waals surface area contributed by atoms with Gasteiger partial charge in [-0.1, -0.05) is 36.4 Å². The fraction of sp³-hybridized carbons (Fsp3) is 0.211. The molecule has 0 aliphatic heterocycles. The quantitative estimate of drug-likeness (QED) is 0.798. The van der Waals surface area contributed by atoms with Crippen LogP contribution in [0.25, 0.3) is 10.9 Å². The van der Waals surface area contributed by atoms with E-state index < -0.39 is 6.10 Å². The topological polar surface area (TPSA) is 36.4 Å². The van der Waals surface area contributed by atoms with Gasteiger partial charge in [0.1, 0.15) is 0 Å². The second-order valence-electron chi connectivity index (χ2n) is 5.70. The zero-order valence-corrected chi connectivity index (χ0v) is 12.9. The van der Waals surface area contributed by atoms with Crippen LogP contribution in [0.2, 0.25) is 0 Å². The van der Waals surface area contributed by atoms with E-state index in [9.17, 15) is 5.11 Å². The number of para-hydroxylation sites is 1. The molecule has 0 unspecified atom stereocenters. The van der Waals surface area contributed by atoms with Crippen LogP contribution in [-0.4, -0.2) is 24.2 Å². The molecule has 0 amide bonds. The summed E-state index contributed by atoms with van der Waals surface area (Å²) >= 11 is 0. The minimum Gasteiger partial charge on any atom is -0.388 e. The second-order valence-corrected chi connectivity index (χ2v) is 5.70. The van der Waals surface area contributed by atoms with Gasteiger partial charge in [-0.3, -0.25) is 4.98 Å². The number of benzene rings is 2. The minimum absolute atomic E-state index is 0.520. The Labute approximate surface area is 130 Å². The maximum Gasteiger partial charge on any atom is 0.0845 e. The number of pyridine rings is 1. The highest BCUT2D eigenvalue weighted by atomic mass is 16.3. The zero-order valence-electron chi connectivity index (χ0n) is 12.9. The maximum absolute atomic E-state index is 10.4. The minimum atomic E-state index is -0.537. The number of hydrogen-bond donors (Lipinski definition) is 1. The van der Waals surface area contributed by atoms with Crippen molar-refractivity contribution in [2.45, 2.75) is 12.5 Å². The molecule has 3 rings (SSSR count). The van der Waals surface area contributed by atoms with E-state index in [4.69, 9.17) is 0 Å². The normalized spacial score (nSPS) is 12.3. The van der Waals surface area contributed by atoms with Crippen LogP contribution in [0.1, 0.15) is 17.4 Å². The molecule has 0 fully saturated rings. The Balaban J connectivity index is 1.78. The highest BCUT2D eigenvalue weighted by Gasteiger charge is 2.10. The molecule has 1 atom stereocenters. The van der Waals surface area contributed by atoms with Crippen molar-refractivity contribution in [2.75, 3.05) is 19.0 Å². The first-order valence-electron chi connectivity index (χ1n) is 7.43. The predicted octanol–water partition coefficient (Wildman–Crippen LogP) is 3.58. The van der Waals surface area contributed by atoms with E-state index in [1.807, 2.05) is 73.6 Å². The summed E-state index contributed by atoms with van der Waals surface area (Å²) in [5.41, 5.74) is 3.92. The third-order valence-electron chi connectivity index (χ3n) is 3.85. The molecule has 1 N–H and O–H groups in total. The number of anilines is 1. The summed E-state index contributed by atoms with van der Waals surface area (Å²) in [5.74, 6) is 0. The molecule has 0 spiro atoms. The molecule has 112 valence electrons. The van der Waals surface area contributed by atoms with Crippen molar-refractivity contribution in [1.82, 2.24) is 4.98 Å². The van der Waals surface area contributed by atoms with Crippen molar-refractivity contribution in [3.05, 3.63) is 71.9 Å². The van der Waals surface area contributed by atoms with E-state index in [2.05, 4.69) is 11.1 Å². The lowest BCUT2D eigenvalue weighted by atomic mass is 10.0. The van der Waals surface area contributed by atoms with Crippen LogP contribution in [0.3, 0.4) is 0 Å². The van der Waals surface area contributed by atoms with Gasteiger partial charge in [0, 0.05) is 37.3 Å². The molecule has 0 aliphatic carbocycles. The molecule has 0 saturated carbocycles. The SMILES string of the molecule is CN(C)c1ccc([C@H](O)Cc2ccc3ccccc3n2)cc1. The van der Waals surface area contributed by atoms with Gasteiger partial charge in [-0.05, 0) is 29.8 Å². The fourth-order valence-corrected chi connectivity index (χ4v) is 2.53. The van der Waals surface area contributed by atoms with Crippen LogP contribution in [0.4, 0.5) is 5.69 Å². The van der Waals surface area contributed by atoms with Gasteiger partial charge in [0.2, 0.25) is 0 Å². The summed E-state index contributed by atoms with van der Waals surface area (Å²) in [5, 5.41) is 11.5. The van der Waals surface area contributed by atoms with Gasteiger partial charge in [-0.25, -0.2) is 0 Å². The first-order chi connectivity index (χ1) is 10.6. The van der Waals surface area contributed by atoms with Gasteiger partial charge >= 0.3 is 0 Å². The first-order valence-corrected chi connectivity index (χ1v) is 7.43. The fourth-order valence-electron chi connectivity index (χ4n) is 2.53. The Hall–Kier alpha value is -2.39. The number of aliphatic hydroxyl groups is 1. The van der Waals surface area contributed by atoms with Crippen molar-refractivity contribution in [2.24, 2.45) is 0 Å². The molecular weight excluding hydrogens is 272 g/mol. The molecule has 22 heavy (non-hydrogen) atoms. The van der Waals surface area contributed by atoms with Crippen LogP contribution < -0.4 is 4.90 Å². The molecule has 3 nitrogen and oxygen atoms in total. The van der Waals surface area contributed by atoms with Crippen LogP contribution in [0.15, 0.2) is 60.7 Å². The monoisotopic (exact) mass is 292 g/mol. The van der Waals surface area contributed by atoms with Crippen LogP contribution in [0.5, 0.6) is 0 Å². The van der Waals surface area contributed by atoms with Crippen molar-refractivity contribution >= 4 is 16.6 Å². The van der Waals surface area contributed by atoms with Gasteiger partial charge in [0.05, 0.1) is 11.6 Å². The molecular formula is C19H20N2O. The van der Waals surface area contributed by atoms with E-state index in [0.717, 1.165) is 27.8 Å². The average molecular weight is 292 g/mol. The van der Waals surface area contributed by atoms with Gasteiger partial charge in [0.15, 0.2) is 0 Å². The Bertz CT molecular complexity index is 766. The number of fused-ring (bicyclic) bond motifs is 1. The number of hydrogen-bond acceptors (Lipinski definition) is 3. The molecule has 0 bridgehead atoms. The second kappa shape index (κ2) is 6.16. The van der Waals surface area contributed by atoms with Gasteiger partial charge in [-0.15, -0.1) is 0 Å². The number of rotatable bonds is 4. The van der Waals surface area contributed by atoms with Crippen molar-refractivity contribution in [3.8, 4) is 0 Å². The summed E-state index contributed by atoms with van der Waals surface area (Å²) in [6.45, 7) is 0. The van der Waals surface area contributed by atoms with E-state index in [1.54, 1.807) is 0 Å². The van der Waals surface area contributed by atoms with E-state index in [0.29, 0.717) is 6.42 Å². The molecule has 0 radical (unpaired) electrons. The Morgan fingerprint density at radius 1 is 0.955 bits per heavy atom. The predicted molar refractivity (Wildman–Crippen MR) is 91.2 cm³/mol. The average Bonchev–Trinajstić information content (AvgIpc) is 2.55. The van der Waals surface area contributed by atoms with Crippen LogP contribution in [-0.2, 0) is 6.42 Å². The zero-order chi connectivity index (χ0) is 15.5. The van der Waals surface area contributed by atoms with E-state index >= 15 is 0 Å². The molecule has 3 aromatic rings. The van der Waals surface area contributed by atoms with E-state index in [-0.39, 0.29) is 0 Å². The summed E-state index contributed by atoms with van der Waals surface area (Å²) < 4.78 is 0. The molecule has 0 aliphatic rings. The van der Waals surface area contributed by atoms with Gasteiger partial charge in [-0.2, -0.15) is 0 Å². The highest BCUT2D eigenvalue weighted by Crippen LogP contribution is 2.21. The van der Waals surface area contributed by atoms with Gasteiger partial charge < -0.3 is 10.0 Å². The summed E-state index contributed by atoms with van der Waals surface area (Å²) in [6.07, 6.45) is -0.0172. The Morgan fingerprint density at radius 3 is 2.41 bits per heavy atom. The Morgan fingerprint density at radius 2 is 1.68 bits per heavy atom. The van der Waals surface area contributed by atoms with Crippen molar-refractivity contribution in [3.63, 3.8) is 0 Å². The van der Waals surface area contributed by atoms with Crippen molar-refractivity contribution < 1.29 is 5.11 Å². The Kier molecular flexibility index (Phi) is 4.07. The summed E-state index contributed by atoms with van der Waals surface area (Å²) in [7, 11) is 4.01. The standard InChI is InChI=1S/C19H20N2O/c1-21(2)17-11-8-15(9-12-17)19(22)13-16-10-7-14-5-3-4-6-18(14)20-16/h3-12,19,22H,13H2,1-2H3/t19-/m1/s1. The lowest BCUT2D eigenvalue weighted by molar-refractivity contribution is 0.177. The largest absolute Gasteiger partial charge is 0.388 e. The summed E-state index contributed by atoms with van der Waals surface area (Å²) in [4.78, 5) is 6.66. The lowest BCUT2D eigenvalue weighted by Crippen LogP contribution is -2.09. The van der Waals surface area contributed by atoms with E-state index in [1.165, 1.54) is 0 Å². The number of aromatic nitrogens is 1. The third-order valence-corrected chi connectivity index (χ3v) is 3.85. The molecule has 2 aromatic carbocycles. The van der Waals surface area contributed by atoms with Gasteiger partial charge in [0.25, 0.3) is 0 Å². The molecule has 1 heterocycles. The molecule has 0 saturated heterocycles. The first kappa shape index (κ1) is 14.5. The summed E-state index contributed by atoms with van der Waals surface area (Å²) in [6, 6.07) is 20.1. The molecule has 3 heteroatoms. The molecule has 1 aromatic heterocycles. The number of nitrogens with zero attached hydrogens (tertiary/aromatic N) is 2. The highest BCUT2D eigenvalue weighted by molar-refractivity contribution is 5.78. The van der Waals surface area contributed by atoms with Crippen molar-refractivity contribution in [1.29, 1.82) is 0 Å². The van der Waals surface area contributed by atoms with Crippen LogP contribution >= 0.6 is 0 Å². The third kappa shape index (κ3) is 3.10.